The first kappa shape index (κ1) is 11.3. The second kappa shape index (κ2) is 3.11. The monoisotopic (exact) mass is 196 g/mol. The van der Waals surface area contributed by atoms with Gasteiger partial charge in [-0.1, -0.05) is 20.8 Å². The fourth-order valence-electron chi connectivity index (χ4n) is 2.01. The Labute approximate surface area is 86.3 Å². The smallest absolute Gasteiger partial charge is 0.173 e. The van der Waals surface area contributed by atoms with E-state index in [4.69, 9.17) is 4.74 Å². The Kier molecular flexibility index (Phi) is 2.51. The van der Waals surface area contributed by atoms with Crippen LogP contribution in [-0.2, 0) is 9.53 Å². The quantitative estimate of drug-likeness (QED) is 0.678. The Morgan fingerprint density at radius 2 is 1.86 bits per heavy atom. The number of hydrogen-bond donors (Lipinski definition) is 0. The van der Waals surface area contributed by atoms with Crippen LogP contribution in [0.3, 0.4) is 0 Å². The summed E-state index contributed by atoms with van der Waals surface area (Å²) in [7, 11) is 0. The third kappa shape index (κ3) is 1.20. The summed E-state index contributed by atoms with van der Waals surface area (Å²) in [6.07, 6.45) is 0.859. The van der Waals surface area contributed by atoms with Gasteiger partial charge in [-0.15, -0.1) is 0 Å². The Morgan fingerprint density at radius 3 is 2.07 bits per heavy atom. The molecule has 0 N–H and O–H groups in total. The number of allylic oxidation sites excluding steroid dienone is 1. The standard InChI is InChI=1S/C12H20O2/c1-7-10-8(2)11(4,5)12(6,14-10)9(3)13/h7H2,1-6H3. The molecule has 0 amide bonds. The maximum atomic E-state index is 11.6. The van der Waals surface area contributed by atoms with Crippen LogP contribution < -0.4 is 0 Å². The Bertz CT molecular complexity index is 299. The predicted octanol–water partition coefficient (Wildman–Crippen LogP) is 3.07. The van der Waals surface area contributed by atoms with Crippen molar-refractivity contribution in [3.63, 3.8) is 0 Å². The molecule has 80 valence electrons. The molecule has 0 radical (unpaired) electrons. The average Bonchev–Trinajstić information content (AvgIpc) is 2.27. The van der Waals surface area contributed by atoms with E-state index < -0.39 is 5.60 Å². The SMILES string of the molecule is CCC1=C(C)C(C)(C)C(C)(C(C)=O)O1. The van der Waals surface area contributed by atoms with E-state index in [2.05, 4.69) is 27.7 Å². The second-order valence-corrected chi connectivity index (χ2v) is 4.72. The van der Waals surface area contributed by atoms with E-state index >= 15 is 0 Å². The van der Waals surface area contributed by atoms with Gasteiger partial charge in [0, 0.05) is 11.8 Å². The van der Waals surface area contributed by atoms with Crippen molar-refractivity contribution < 1.29 is 9.53 Å². The van der Waals surface area contributed by atoms with Gasteiger partial charge < -0.3 is 4.74 Å². The van der Waals surface area contributed by atoms with E-state index in [-0.39, 0.29) is 11.2 Å². The molecule has 0 saturated carbocycles. The Morgan fingerprint density at radius 1 is 1.36 bits per heavy atom. The zero-order chi connectivity index (χ0) is 11.1. The molecule has 0 aromatic heterocycles. The number of ether oxygens (including phenoxy) is 1. The van der Waals surface area contributed by atoms with E-state index in [0.717, 1.165) is 12.2 Å². The van der Waals surface area contributed by atoms with E-state index in [1.54, 1.807) is 6.92 Å². The highest BCUT2D eigenvalue weighted by molar-refractivity contribution is 5.87. The molecular weight excluding hydrogens is 176 g/mol. The number of carbonyl (C=O) groups is 1. The van der Waals surface area contributed by atoms with Gasteiger partial charge in [0.25, 0.3) is 0 Å². The summed E-state index contributed by atoms with van der Waals surface area (Å²) in [5.41, 5.74) is 0.338. The fourth-order valence-corrected chi connectivity index (χ4v) is 2.01. The number of carbonyl (C=O) groups excluding carboxylic acids is 1. The van der Waals surface area contributed by atoms with E-state index in [9.17, 15) is 4.79 Å². The predicted molar refractivity (Wildman–Crippen MR) is 56.9 cm³/mol. The van der Waals surface area contributed by atoms with Crippen LogP contribution in [0, 0.1) is 5.41 Å². The van der Waals surface area contributed by atoms with Crippen molar-refractivity contribution in [1.29, 1.82) is 0 Å². The van der Waals surface area contributed by atoms with Crippen molar-refractivity contribution in [3.05, 3.63) is 11.3 Å². The lowest BCUT2D eigenvalue weighted by atomic mass is 9.70. The van der Waals surface area contributed by atoms with E-state index in [1.165, 1.54) is 5.57 Å². The molecule has 0 bridgehead atoms. The third-order valence-corrected chi connectivity index (χ3v) is 3.87. The summed E-state index contributed by atoms with van der Waals surface area (Å²) in [5, 5.41) is 0. The lowest BCUT2D eigenvalue weighted by Crippen LogP contribution is -2.46. The van der Waals surface area contributed by atoms with Gasteiger partial charge in [-0.05, 0) is 26.3 Å². The maximum absolute atomic E-state index is 11.6. The highest BCUT2D eigenvalue weighted by Crippen LogP contribution is 2.50. The highest BCUT2D eigenvalue weighted by Gasteiger charge is 2.53. The molecule has 1 aliphatic heterocycles. The second-order valence-electron chi connectivity index (χ2n) is 4.72. The topological polar surface area (TPSA) is 26.3 Å². The van der Waals surface area contributed by atoms with Crippen LogP contribution in [0.2, 0.25) is 0 Å². The van der Waals surface area contributed by atoms with Crippen LogP contribution in [-0.4, -0.2) is 11.4 Å². The molecule has 0 saturated heterocycles. The summed E-state index contributed by atoms with van der Waals surface area (Å²) >= 11 is 0. The summed E-state index contributed by atoms with van der Waals surface area (Å²) in [6, 6.07) is 0. The van der Waals surface area contributed by atoms with Crippen LogP contribution in [0.4, 0.5) is 0 Å². The van der Waals surface area contributed by atoms with E-state index in [1.807, 2.05) is 6.92 Å². The van der Waals surface area contributed by atoms with Crippen molar-refractivity contribution in [2.75, 3.05) is 0 Å². The third-order valence-electron chi connectivity index (χ3n) is 3.87. The van der Waals surface area contributed by atoms with Crippen LogP contribution in [0.5, 0.6) is 0 Å². The van der Waals surface area contributed by atoms with Crippen molar-refractivity contribution in [2.45, 2.75) is 53.6 Å². The molecule has 1 unspecified atom stereocenters. The summed E-state index contributed by atoms with van der Waals surface area (Å²) in [4.78, 5) is 11.6. The number of hydrogen-bond acceptors (Lipinski definition) is 2. The first-order valence-electron chi connectivity index (χ1n) is 5.17. The van der Waals surface area contributed by atoms with Gasteiger partial charge in [0.15, 0.2) is 11.4 Å². The molecule has 1 rings (SSSR count). The van der Waals surface area contributed by atoms with Gasteiger partial charge in [-0.3, -0.25) is 4.79 Å². The minimum atomic E-state index is -0.678. The van der Waals surface area contributed by atoms with Crippen LogP contribution in [0.15, 0.2) is 11.3 Å². The Hall–Kier alpha value is -0.790. The van der Waals surface area contributed by atoms with Crippen molar-refractivity contribution in [2.24, 2.45) is 5.41 Å². The highest BCUT2D eigenvalue weighted by atomic mass is 16.5. The molecule has 0 aliphatic carbocycles. The average molecular weight is 196 g/mol. The van der Waals surface area contributed by atoms with Gasteiger partial charge in [0.1, 0.15) is 0 Å². The minimum Gasteiger partial charge on any atom is -0.483 e. The molecule has 0 aromatic carbocycles. The first-order valence-corrected chi connectivity index (χ1v) is 5.17. The lowest BCUT2D eigenvalue weighted by molar-refractivity contribution is -0.141. The molecule has 0 spiro atoms. The fraction of sp³-hybridized carbons (Fsp3) is 0.750. The lowest BCUT2D eigenvalue weighted by Gasteiger charge is -2.35. The van der Waals surface area contributed by atoms with Crippen LogP contribution in [0.25, 0.3) is 0 Å². The van der Waals surface area contributed by atoms with Gasteiger partial charge in [-0.25, -0.2) is 0 Å². The zero-order valence-electron chi connectivity index (χ0n) is 10.0. The molecule has 1 atom stereocenters. The Balaban J connectivity index is 3.19. The number of Topliss-reactive ketones (excluding diaryl/α,β-unsaturated/α-hetero) is 1. The largest absolute Gasteiger partial charge is 0.483 e. The first-order chi connectivity index (χ1) is 6.27. The molecule has 2 nitrogen and oxygen atoms in total. The molecular formula is C12H20O2. The van der Waals surface area contributed by atoms with Crippen LogP contribution >= 0.6 is 0 Å². The maximum Gasteiger partial charge on any atom is 0.173 e. The molecule has 0 aromatic rings. The van der Waals surface area contributed by atoms with E-state index in [0.29, 0.717) is 0 Å². The van der Waals surface area contributed by atoms with Crippen molar-refractivity contribution in [1.82, 2.24) is 0 Å². The molecule has 0 fully saturated rings. The van der Waals surface area contributed by atoms with Crippen molar-refractivity contribution >= 4 is 5.78 Å². The van der Waals surface area contributed by atoms with Gasteiger partial charge in [-0.2, -0.15) is 0 Å². The summed E-state index contributed by atoms with van der Waals surface area (Å²) in [5.74, 6) is 1.08. The molecule has 1 aliphatic rings. The molecule has 14 heavy (non-hydrogen) atoms. The number of rotatable bonds is 2. The minimum absolute atomic E-state index is 0.102. The van der Waals surface area contributed by atoms with Gasteiger partial charge in [0.05, 0.1) is 5.76 Å². The summed E-state index contributed by atoms with van der Waals surface area (Å²) in [6.45, 7) is 11.8. The zero-order valence-corrected chi connectivity index (χ0v) is 10.0. The van der Waals surface area contributed by atoms with Gasteiger partial charge in [0.2, 0.25) is 0 Å². The molecule has 2 heteroatoms. The molecule has 1 heterocycles. The number of ketones is 1. The van der Waals surface area contributed by atoms with Gasteiger partial charge >= 0.3 is 0 Å². The normalized spacial score (nSPS) is 30.4. The summed E-state index contributed by atoms with van der Waals surface area (Å²) < 4.78 is 5.82. The van der Waals surface area contributed by atoms with Crippen molar-refractivity contribution in [3.8, 4) is 0 Å². The van der Waals surface area contributed by atoms with Crippen LogP contribution in [0.1, 0.15) is 48.0 Å².